The van der Waals surface area contributed by atoms with Gasteiger partial charge in [0.25, 0.3) is 0 Å². The molecule has 1 fully saturated rings. The van der Waals surface area contributed by atoms with Crippen LogP contribution in [0.15, 0.2) is 40.2 Å². The van der Waals surface area contributed by atoms with Crippen LogP contribution in [-0.4, -0.2) is 13.7 Å². The van der Waals surface area contributed by atoms with Crippen LogP contribution in [0.5, 0.6) is 5.75 Å². The molecule has 0 aliphatic heterocycles. The first-order valence-electron chi connectivity index (χ1n) is 7.38. The normalized spacial score (nSPS) is 15.9. The van der Waals surface area contributed by atoms with E-state index < -0.39 is 0 Å². The zero-order chi connectivity index (χ0) is 14.7. The lowest BCUT2D eigenvalue weighted by Gasteiger charge is -2.19. The van der Waals surface area contributed by atoms with Crippen LogP contribution in [0.25, 0.3) is 0 Å². The molecule has 1 N–H and O–H groups in total. The monoisotopic (exact) mass is 365 g/mol. The second-order valence-corrected chi connectivity index (χ2v) is 8.05. The Balaban J connectivity index is 1.59. The number of benzene rings is 1. The average molecular weight is 366 g/mol. The van der Waals surface area contributed by atoms with Crippen molar-refractivity contribution in [3.63, 3.8) is 0 Å². The molecule has 112 valence electrons. The maximum Gasteiger partial charge on any atom is 0.118 e. The molecule has 1 aliphatic carbocycles. The third-order valence-electron chi connectivity index (χ3n) is 3.93. The maximum absolute atomic E-state index is 5.24. The molecule has 1 unspecified atom stereocenters. The summed E-state index contributed by atoms with van der Waals surface area (Å²) in [5.41, 5.74) is 1.38. The van der Waals surface area contributed by atoms with Gasteiger partial charge < -0.3 is 10.1 Å². The third kappa shape index (κ3) is 4.09. The first-order valence-corrected chi connectivity index (χ1v) is 8.99. The van der Waals surface area contributed by atoms with Crippen LogP contribution < -0.4 is 10.1 Å². The van der Waals surface area contributed by atoms with Gasteiger partial charge in [-0.25, -0.2) is 0 Å². The number of methoxy groups -OCH3 is 1. The van der Waals surface area contributed by atoms with Gasteiger partial charge in [-0.1, -0.05) is 12.1 Å². The number of thiophene rings is 1. The number of hydrogen-bond acceptors (Lipinski definition) is 3. The Labute approximate surface area is 138 Å². The molecule has 2 nitrogen and oxygen atoms in total. The third-order valence-corrected chi connectivity index (χ3v) is 5.62. The Kier molecular flexibility index (Phi) is 4.99. The SMILES string of the molecule is COc1ccc(C(NCCc2ccc(Br)s2)C2CC2)cc1. The maximum atomic E-state index is 5.24. The van der Waals surface area contributed by atoms with Crippen LogP contribution in [0.1, 0.15) is 29.3 Å². The lowest BCUT2D eigenvalue weighted by molar-refractivity contribution is 0.414. The molecule has 0 radical (unpaired) electrons. The summed E-state index contributed by atoms with van der Waals surface area (Å²) in [4.78, 5) is 1.43. The molecular formula is C17H20BrNOS. The molecule has 1 saturated carbocycles. The molecule has 1 aromatic carbocycles. The predicted octanol–water partition coefficient (Wildman–Crippen LogP) is 4.80. The Morgan fingerprint density at radius 2 is 2.00 bits per heavy atom. The van der Waals surface area contributed by atoms with E-state index in [1.54, 1.807) is 7.11 Å². The van der Waals surface area contributed by atoms with Crippen LogP contribution in [0, 0.1) is 5.92 Å². The molecule has 0 spiro atoms. The number of ether oxygens (including phenoxy) is 1. The minimum Gasteiger partial charge on any atom is -0.497 e. The van der Waals surface area contributed by atoms with Gasteiger partial charge in [0, 0.05) is 17.5 Å². The van der Waals surface area contributed by atoms with Gasteiger partial charge in [0.2, 0.25) is 0 Å². The first kappa shape index (κ1) is 15.1. The fraction of sp³-hybridized carbons (Fsp3) is 0.412. The van der Waals surface area contributed by atoms with Gasteiger partial charge in [0.05, 0.1) is 10.9 Å². The molecule has 2 aromatic rings. The summed E-state index contributed by atoms with van der Waals surface area (Å²) in [7, 11) is 1.71. The molecular weight excluding hydrogens is 346 g/mol. The zero-order valence-corrected chi connectivity index (χ0v) is 14.5. The molecule has 0 bridgehead atoms. The largest absolute Gasteiger partial charge is 0.497 e. The van der Waals surface area contributed by atoms with Crippen molar-refractivity contribution in [1.82, 2.24) is 5.32 Å². The molecule has 1 heterocycles. The van der Waals surface area contributed by atoms with Crippen LogP contribution >= 0.6 is 27.3 Å². The highest BCUT2D eigenvalue weighted by molar-refractivity contribution is 9.11. The van der Waals surface area contributed by atoms with Gasteiger partial charge in [-0.2, -0.15) is 0 Å². The van der Waals surface area contributed by atoms with E-state index in [1.807, 2.05) is 11.3 Å². The molecule has 4 heteroatoms. The number of halogens is 1. The van der Waals surface area contributed by atoms with Crippen molar-refractivity contribution >= 4 is 27.3 Å². The second kappa shape index (κ2) is 6.95. The Morgan fingerprint density at radius 1 is 1.24 bits per heavy atom. The molecule has 21 heavy (non-hydrogen) atoms. The fourth-order valence-electron chi connectivity index (χ4n) is 2.63. The van der Waals surface area contributed by atoms with Crippen LogP contribution in [0.2, 0.25) is 0 Å². The lowest BCUT2D eigenvalue weighted by atomic mass is 10.0. The number of hydrogen-bond donors (Lipinski definition) is 1. The van der Waals surface area contributed by atoms with E-state index in [4.69, 9.17) is 4.74 Å². The summed E-state index contributed by atoms with van der Waals surface area (Å²) in [5, 5.41) is 3.74. The highest BCUT2D eigenvalue weighted by Crippen LogP contribution is 2.41. The summed E-state index contributed by atoms with van der Waals surface area (Å²) in [6, 6.07) is 13.3. The van der Waals surface area contributed by atoms with Gasteiger partial charge in [-0.15, -0.1) is 11.3 Å². The molecule has 1 atom stereocenters. The smallest absolute Gasteiger partial charge is 0.118 e. The van der Waals surface area contributed by atoms with E-state index >= 15 is 0 Å². The van der Waals surface area contributed by atoms with Crippen LogP contribution in [0.4, 0.5) is 0 Å². The van der Waals surface area contributed by atoms with Crippen molar-refractivity contribution in [3.05, 3.63) is 50.6 Å². The minimum absolute atomic E-state index is 0.485. The van der Waals surface area contributed by atoms with Crippen molar-refractivity contribution in [1.29, 1.82) is 0 Å². The quantitative estimate of drug-likeness (QED) is 0.760. The van der Waals surface area contributed by atoms with E-state index in [0.717, 1.165) is 24.6 Å². The van der Waals surface area contributed by atoms with E-state index in [0.29, 0.717) is 6.04 Å². The first-order chi connectivity index (χ1) is 10.3. The topological polar surface area (TPSA) is 21.3 Å². The summed E-state index contributed by atoms with van der Waals surface area (Å²) < 4.78 is 6.46. The standard InChI is InChI=1S/C17H20BrNOS/c1-20-14-6-4-13(5-7-14)17(12-2-3-12)19-11-10-15-8-9-16(18)21-15/h4-9,12,17,19H,2-3,10-11H2,1H3. The van der Waals surface area contributed by atoms with Crippen LogP contribution in [-0.2, 0) is 6.42 Å². The fourth-order valence-corrected chi connectivity index (χ4v) is 4.12. The van der Waals surface area contributed by atoms with E-state index in [-0.39, 0.29) is 0 Å². The highest BCUT2D eigenvalue weighted by Gasteiger charge is 2.31. The molecule has 1 aromatic heterocycles. The number of nitrogens with one attached hydrogen (secondary N) is 1. The molecule has 0 saturated heterocycles. The molecule has 1 aliphatic rings. The molecule has 3 rings (SSSR count). The predicted molar refractivity (Wildman–Crippen MR) is 92.2 cm³/mol. The van der Waals surface area contributed by atoms with Crippen molar-refractivity contribution in [2.24, 2.45) is 5.92 Å². The van der Waals surface area contributed by atoms with Crippen molar-refractivity contribution < 1.29 is 4.74 Å². The van der Waals surface area contributed by atoms with Crippen molar-refractivity contribution in [3.8, 4) is 5.75 Å². The summed E-state index contributed by atoms with van der Waals surface area (Å²) in [6.07, 6.45) is 3.78. The van der Waals surface area contributed by atoms with E-state index in [9.17, 15) is 0 Å². The van der Waals surface area contributed by atoms with Gasteiger partial charge in [0.1, 0.15) is 5.75 Å². The Bertz CT molecular complexity index is 577. The van der Waals surface area contributed by atoms with Crippen molar-refractivity contribution in [2.75, 3.05) is 13.7 Å². The Morgan fingerprint density at radius 3 is 2.57 bits per heavy atom. The van der Waals surface area contributed by atoms with Gasteiger partial charge in [0.15, 0.2) is 0 Å². The van der Waals surface area contributed by atoms with Crippen LogP contribution in [0.3, 0.4) is 0 Å². The van der Waals surface area contributed by atoms with Crippen molar-refractivity contribution in [2.45, 2.75) is 25.3 Å². The second-order valence-electron chi connectivity index (χ2n) is 5.50. The lowest BCUT2D eigenvalue weighted by Crippen LogP contribution is -2.25. The van der Waals surface area contributed by atoms with E-state index in [2.05, 4.69) is 57.6 Å². The van der Waals surface area contributed by atoms with Gasteiger partial charge >= 0.3 is 0 Å². The molecule has 0 amide bonds. The van der Waals surface area contributed by atoms with Gasteiger partial charge in [-0.05, 0) is 70.9 Å². The summed E-state index contributed by atoms with van der Waals surface area (Å²) >= 11 is 5.35. The number of rotatable bonds is 7. The minimum atomic E-state index is 0.485. The highest BCUT2D eigenvalue weighted by atomic mass is 79.9. The average Bonchev–Trinajstić information content (AvgIpc) is 3.26. The summed E-state index contributed by atoms with van der Waals surface area (Å²) in [5.74, 6) is 1.73. The zero-order valence-electron chi connectivity index (χ0n) is 12.1. The van der Waals surface area contributed by atoms with E-state index in [1.165, 1.54) is 27.1 Å². The summed E-state index contributed by atoms with van der Waals surface area (Å²) in [6.45, 7) is 1.03. The Hall–Kier alpha value is -0.840. The van der Waals surface area contributed by atoms with Gasteiger partial charge in [-0.3, -0.25) is 0 Å².